The molecule has 0 fully saturated rings. The predicted molar refractivity (Wildman–Crippen MR) is 211 cm³/mol. The van der Waals surface area contributed by atoms with Gasteiger partial charge < -0.3 is 9.13 Å². The second-order valence-electron chi connectivity index (χ2n) is 13.8. The summed E-state index contributed by atoms with van der Waals surface area (Å²) < 4.78 is 48.4. The van der Waals surface area contributed by atoms with Gasteiger partial charge >= 0.3 is 6.18 Å². The Balaban J connectivity index is 1.46. The smallest absolute Gasteiger partial charge is 0.310 e. The van der Waals surface area contributed by atoms with E-state index in [4.69, 9.17) is 6.57 Å². The van der Waals surface area contributed by atoms with Gasteiger partial charge in [0.05, 0.1) is 39.9 Å². The average Bonchev–Trinajstić information content (AvgIpc) is 3.65. The van der Waals surface area contributed by atoms with E-state index in [1.165, 1.54) is 6.07 Å². The van der Waals surface area contributed by atoms with Crippen LogP contribution in [0.5, 0.6) is 0 Å². The minimum absolute atomic E-state index is 0.125. The monoisotopic (exact) mass is 695 g/mol. The number of para-hydroxylation sites is 2. The third-order valence-electron chi connectivity index (χ3n) is 10.4. The molecule has 0 amide bonds. The Morgan fingerprint density at radius 2 is 1.08 bits per heavy atom. The van der Waals surface area contributed by atoms with Gasteiger partial charge in [-0.1, -0.05) is 90.0 Å². The molecular formula is C47H32F3N3. The number of aromatic nitrogens is 2. The van der Waals surface area contributed by atoms with Crippen LogP contribution >= 0.6 is 0 Å². The van der Waals surface area contributed by atoms with Crippen molar-refractivity contribution in [1.29, 1.82) is 0 Å². The molecule has 0 unspecified atom stereocenters. The summed E-state index contributed by atoms with van der Waals surface area (Å²) in [7, 11) is 0. The SMILES string of the molecule is [C-]#[N+]c1cccc(-n2c3ccccc3c3cc(C)ccc32)c1-c1cc(-c2c(C)cccc2C(F)(F)F)ccc1-n1c2ccccc2c2cc(C)ccc21. The third-order valence-corrected chi connectivity index (χ3v) is 10.4. The highest BCUT2D eigenvalue weighted by molar-refractivity contribution is 6.12. The lowest BCUT2D eigenvalue weighted by Gasteiger charge is -2.22. The summed E-state index contributed by atoms with van der Waals surface area (Å²) in [4.78, 5) is 4.07. The minimum Gasteiger partial charge on any atom is -0.310 e. The third kappa shape index (κ3) is 5.03. The van der Waals surface area contributed by atoms with Crippen LogP contribution in [0.4, 0.5) is 18.9 Å². The van der Waals surface area contributed by atoms with Crippen molar-refractivity contribution < 1.29 is 13.2 Å². The first kappa shape index (κ1) is 32.3. The van der Waals surface area contributed by atoms with Gasteiger partial charge in [-0.2, -0.15) is 13.2 Å². The molecule has 256 valence electrons. The summed E-state index contributed by atoms with van der Waals surface area (Å²) in [6.45, 7) is 14.3. The summed E-state index contributed by atoms with van der Waals surface area (Å²) in [6, 6.07) is 44.7. The van der Waals surface area contributed by atoms with Crippen molar-refractivity contribution in [2.75, 3.05) is 0 Å². The summed E-state index contributed by atoms with van der Waals surface area (Å²) >= 11 is 0. The fourth-order valence-electron chi connectivity index (χ4n) is 8.15. The van der Waals surface area contributed by atoms with Crippen molar-refractivity contribution in [2.45, 2.75) is 26.9 Å². The Morgan fingerprint density at radius 1 is 0.509 bits per heavy atom. The number of alkyl halides is 3. The van der Waals surface area contributed by atoms with E-state index in [1.807, 2.05) is 48.5 Å². The molecular weight excluding hydrogens is 664 g/mol. The van der Waals surface area contributed by atoms with Gasteiger partial charge in [0.2, 0.25) is 0 Å². The largest absolute Gasteiger partial charge is 0.417 e. The molecule has 0 aliphatic carbocycles. The predicted octanol–water partition coefficient (Wildman–Crippen LogP) is 13.7. The first-order valence-electron chi connectivity index (χ1n) is 17.5. The lowest BCUT2D eigenvalue weighted by Crippen LogP contribution is -2.08. The van der Waals surface area contributed by atoms with Crippen LogP contribution in [0.2, 0.25) is 0 Å². The van der Waals surface area contributed by atoms with E-state index in [0.29, 0.717) is 27.9 Å². The lowest BCUT2D eigenvalue weighted by atomic mass is 9.90. The molecule has 2 heterocycles. The van der Waals surface area contributed by atoms with Crippen molar-refractivity contribution in [3.63, 3.8) is 0 Å². The van der Waals surface area contributed by atoms with Gasteiger partial charge in [-0.25, -0.2) is 4.85 Å². The van der Waals surface area contributed by atoms with Crippen LogP contribution in [0.3, 0.4) is 0 Å². The van der Waals surface area contributed by atoms with Crippen LogP contribution in [-0.2, 0) is 6.18 Å². The Hall–Kier alpha value is -6.58. The second-order valence-corrected chi connectivity index (χ2v) is 13.8. The molecule has 2 aromatic heterocycles. The number of hydrogen-bond acceptors (Lipinski definition) is 0. The molecule has 0 saturated heterocycles. The van der Waals surface area contributed by atoms with Gasteiger partial charge in [0.1, 0.15) is 0 Å². The fraction of sp³-hybridized carbons (Fsp3) is 0.0851. The molecule has 0 aliphatic heterocycles. The van der Waals surface area contributed by atoms with Gasteiger partial charge in [0.25, 0.3) is 0 Å². The minimum atomic E-state index is -4.56. The van der Waals surface area contributed by atoms with E-state index in [0.717, 1.165) is 72.2 Å². The lowest BCUT2D eigenvalue weighted by molar-refractivity contribution is -0.137. The average molecular weight is 696 g/mol. The van der Waals surface area contributed by atoms with E-state index in [9.17, 15) is 13.2 Å². The summed E-state index contributed by atoms with van der Waals surface area (Å²) in [6.07, 6.45) is -4.56. The maximum absolute atomic E-state index is 14.7. The molecule has 0 spiro atoms. The standard InChI is InChI=1S/C47H32F3N3/c1-28-19-22-41-34(25-28)32-12-5-7-16-39(32)52(41)43-24-21-31(45-30(3)11-9-14-37(45)47(48,49)50)27-36(43)46-38(51-4)15-10-18-44(46)53-40-17-8-6-13-33(40)35-26-29(2)20-23-42(35)53/h5-27H,1-3H3. The van der Waals surface area contributed by atoms with Gasteiger partial charge in [0.15, 0.2) is 5.69 Å². The molecule has 9 aromatic rings. The van der Waals surface area contributed by atoms with E-state index >= 15 is 0 Å². The molecule has 0 radical (unpaired) electrons. The molecule has 0 aliphatic rings. The normalized spacial score (nSPS) is 11.9. The maximum Gasteiger partial charge on any atom is 0.417 e. The van der Waals surface area contributed by atoms with Crippen molar-refractivity contribution in [3.05, 3.63) is 173 Å². The molecule has 0 saturated carbocycles. The number of fused-ring (bicyclic) bond motifs is 6. The number of halogens is 3. The van der Waals surface area contributed by atoms with Gasteiger partial charge in [-0.15, -0.1) is 0 Å². The Labute approximate surface area is 304 Å². The molecule has 0 bridgehead atoms. The first-order chi connectivity index (χ1) is 25.6. The molecule has 53 heavy (non-hydrogen) atoms. The summed E-state index contributed by atoms with van der Waals surface area (Å²) in [5.41, 5.74) is 9.73. The van der Waals surface area contributed by atoms with E-state index in [1.54, 1.807) is 25.1 Å². The maximum atomic E-state index is 14.7. The van der Waals surface area contributed by atoms with Crippen LogP contribution in [0.1, 0.15) is 22.3 Å². The van der Waals surface area contributed by atoms with Crippen molar-refractivity contribution in [1.82, 2.24) is 9.13 Å². The number of benzene rings is 7. The number of hydrogen-bond donors (Lipinski definition) is 0. The van der Waals surface area contributed by atoms with Gasteiger partial charge in [-0.05, 0) is 104 Å². The second kappa shape index (κ2) is 12.0. The van der Waals surface area contributed by atoms with Gasteiger partial charge in [0, 0.05) is 32.8 Å². The van der Waals surface area contributed by atoms with Crippen LogP contribution in [-0.4, -0.2) is 9.13 Å². The number of nitrogens with zero attached hydrogens (tertiary/aromatic N) is 3. The Kier molecular flexibility index (Phi) is 7.32. The molecule has 0 atom stereocenters. The summed E-state index contributed by atoms with van der Waals surface area (Å²) in [5, 5.41) is 4.30. The topological polar surface area (TPSA) is 14.2 Å². The fourth-order valence-corrected chi connectivity index (χ4v) is 8.15. The van der Waals surface area contributed by atoms with E-state index in [2.05, 4.69) is 88.5 Å². The molecule has 7 aromatic carbocycles. The highest BCUT2D eigenvalue weighted by atomic mass is 19.4. The van der Waals surface area contributed by atoms with Crippen molar-refractivity contribution in [2.24, 2.45) is 0 Å². The molecule has 9 rings (SSSR count). The Bertz CT molecular complexity index is 2990. The van der Waals surface area contributed by atoms with E-state index < -0.39 is 11.7 Å². The molecule has 3 nitrogen and oxygen atoms in total. The van der Waals surface area contributed by atoms with Crippen LogP contribution in [0.15, 0.2) is 140 Å². The van der Waals surface area contributed by atoms with Crippen LogP contribution < -0.4 is 0 Å². The highest BCUT2D eigenvalue weighted by Gasteiger charge is 2.34. The highest BCUT2D eigenvalue weighted by Crippen LogP contribution is 2.47. The summed E-state index contributed by atoms with van der Waals surface area (Å²) in [5.74, 6) is 0. The zero-order valence-electron chi connectivity index (χ0n) is 29.3. The Morgan fingerprint density at radius 3 is 1.68 bits per heavy atom. The van der Waals surface area contributed by atoms with Gasteiger partial charge in [-0.3, -0.25) is 0 Å². The molecule has 0 N–H and O–H groups in total. The van der Waals surface area contributed by atoms with Crippen LogP contribution in [0.25, 0.3) is 82.1 Å². The van der Waals surface area contributed by atoms with Crippen molar-refractivity contribution in [3.8, 4) is 33.6 Å². The first-order valence-corrected chi connectivity index (χ1v) is 17.5. The zero-order chi connectivity index (χ0) is 36.6. The molecule has 6 heteroatoms. The quantitative estimate of drug-likeness (QED) is 0.163. The van der Waals surface area contributed by atoms with Crippen LogP contribution in [0, 0.1) is 27.3 Å². The number of aryl methyl sites for hydroxylation is 3. The zero-order valence-corrected chi connectivity index (χ0v) is 29.3. The van der Waals surface area contributed by atoms with E-state index in [-0.39, 0.29) is 5.56 Å². The van der Waals surface area contributed by atoms with Crippen molar-refractivity contribution >= 4 is 49.3 Å². The number of rotatable bonds is 4.